The maximum atomic E-state index is 14.3. The first kappa shape index (κ1) is 18.2. The van der Waals surface area contributed by atoms with Gasteiger partial charge in [-0.05, 0) is 61.6 Å². The average molecular weight is 336 g/mol. The number of aryl methyl sites for hydroxylation is 3. The fraction of sp³-hybridized carbons (Fsp3) is 0.300. The molecule has 0 saturated heterocycles. The molecule has 0 nitrogen and oxygen atoms in total. The van der Waals surface area contributed by atoms with E-state index in [-0.39, 0.29) is 5.56 Å². The van der Waals surface area contributed by atoms with E-state index in [0.29, 0.717) is 12.0 Å². The van der Waals surface area contributed by atoms with Gasteiger partial charge >= 0.3 is 6.18 Å². The smallest absolute Gasteiger partial charge is 0.206 e. The molecule has 0 atom stereocenters. The van der Waals surface area contributed by atoms with E-state index in [2.05, 4.69) is 0 Å². The van der Waals surface area contributed by atoms with E-state index in [1.807, 2.05) is 39.8 Å². The van der Waals surface area contributed by atoms with Crippen LogP contribution in [0.4, 0.5) is 17.6 Å². The van der Waals surface area contributed by atoms with Gasteiger partial charge in [0.2, 0.25) is 0 Å². The average Bonchev–Trinajstić information content (AvgIpc) is 2.44. The normalized spacial score (nSPS) is 12.2. The van der Waals surface area contributed by atoms with Crippen molar-refractivity contribution in [2.24, 2.45) is 0 Å². The Morgan fingerprint density at radius 2 is 1.54 bits per heavy atom. The molecule has 0 unspecified atom stereocenters. The number of hydrogen-bond donors (Lipinski definition) is 0. The molecule has 0 bridgehead atoms. The van der Waals surface area contributed by atoms with Crippen molar-refractivity contribution in [2.75, 3.05) is 0 Å². The highest BCUT2D eigenvalue weighted by atomic mass is 19.4. The van der Waals surface area contributed by atoms with Crippen LogP contribution in [0.3, 0.4) is 0 Å². The molecule has 0 fully saturated rings. The van der Waals surface area contributed by atoms with Crippen molar-refractivity contribution in [2.45, 2.75) is 40.3 Å². The van der Waals surface area contributed by atoms with Crippen LogP contribution in [0.5, 0.6) is 0 Å². The monoisotopic (exact) mass is 336 g/mol. The van der Waals surface area contributed by atoms with Crippen molar-refractivity contribution in [3.8, 4) is 11.1 Å². The van der Waals surface area contributed by atoms with E-state index in [9.17, 15) is 17.6 Å². The van der Waals surface area contributed by atoms with Crippen LogP contribution in [0.25, 0.3) is 17.2 Å². The van der Waals surface area contributed by atoms with E-state index >= 15 is 0 Å². The Morgan fingerprint density at radius 1 is 0.958 bits per heavy atom. The highest BCUT2D eigenvalue weighted by molar-refractivity contribution is 5.74. The van der Waals surface area contributed by atoms with Crippen molar-refractivity contribution >= 4 is 6.08 Å². The van der Waals surface area contributed by atoms with Gasteiger partial charge in [0.1, 0.15) is 5.82 Å². The summed E-state index contributed by atoms with van der Waals surface area (Å²) in [6.07, 6.45) is -1.06. The van der Waals surface area contributed by atoms with E-state index in [4.69, 9.17) is 0 Å². The highest BCUT2D eigenvalue weighted by Crippen LogP contribution is 2.38. The molecular formula is C20H20F4. The summed E-state index contributed by atoms with van der Waals surface area (Å²) in [6.45, 7) is 7.49. The van der Waals surface area contributed by atoms with Crippen molar-refractivity contribution in [1.82, 2.24) is 0 Å². The summed E-state index contributed by atoms with van der Waals surface area (Å²) < 4.78 is 54.0. The molecule has 0 aromatic heterocycles. The molecule has 2 aromatic rings. The van der Waals surface area contributed by atoms with Crippen LogP contribution >= 0.6 is 0 Å². The first-order valence-electron chi connectivity index (χ1n) is 7.80. The number of hydrogen-bond acceptors (Lipinski definition) is 0. The minimum absolute atomic E-state index is 0.0407. The predicted molar refractivity (Wildman–Crippen MR) is 90.4 cm³/mol. The molecule has 0 aliphatic heterocycles. The molecular weight excluding hydrogens is 316 g/mol. The van der Waals surface area contributed by atoms with Crippen LogP contribution in [-0.2, 0) is 6.18 Å². The number of alkyl halides is 3. The molecule has 0 heterocycles. The van der Waals surface area contributed by atoms with Gasteiger partial charge in [-0.15, -0.1) is 0 Å². The molecule has 0 radical (unpaired) electrons. The highest BCUT2D eigenvalue weighted by Gasteiger charge is 2.35. The second-order valence-corrected chi connectivity index (χ2v) is 6.01. The lowest BCUT2D eigenvalue weighted by atomic mass is 9.91. The zero-order chi connectivity index (χ0) is 18.1. The summed E-state index contributed by atoms with van der Waals surface area (Å²) >= 11 is 0. The Kier molecular flexibility index (Phi) is 5.16. The van der Waals surface area contributed by atoms with Crippen LogP contribution in [-0.4, -0.2) is 0 Å². The fourth-order valence-corrected chi connectivity index (χ4v) is 3.00. The first-order chi connectivity index (χ1) is 11.1. The quantitative estimate of drug-likeness (QED) is 0.537. The lowest BCUT2D eigenvalue weighted by molar-refractivity contribution is -0.139. The second-order valence-electron chi connectivity index (χ2n) is 6.01. The van der Waals surface area contributed by atoms with Crippen LogP contribution in [0.15, 0.2) is 30.3 Å². The molecule has 128 valence electrons. The van der Waals surface area contributed by atoms with Gasteiger partial charge in [0.05, 0.1) is 5.56 Å². The predicted octanol–water partition coefficient (Wildman–Crippen LogP) is 6.86. The summed E-state index contributed by atoms with van der Waals surface area (Å²) in [6, 6.07) is 6.23. The topological polar surface area (TPSA) is 0 Å². The second kappa shape index (κ2) is 6.80. The molecule has 0 aliphatic carbocycles. The summed E-state index contributed by atoms with van der Waals surface area (Å²) in [5.41, 5.74) is 2.62. The summed E-state index contributed by atoms with van der Waals surface area (Å²) in [5.74, 6) is -1.22. The summed E-state index contributed by atoms with van der Waals surface area (Å²) in [7, 11) is 0. The Morgan fingerprint density at radius 3 is 2.04 bits per heavy atom. The van der Waals surface area contributed by atoms with Crippen LogP contribution in [0.1, 0.15) is 41.2 Å². The molecule has 4 heteroatoms. The number of benzene rings is 2. The maximum absolute atomic E-state index is 14.3. The van der Waals surface area contributed by atoms with Gasteiger partial charge in [-0.3, -0.25) is 0 Å². The largest absolute Gasteiger partial charge is 0.419 e. The molecule has 2 aromatic carbocycles. The van der Waals surface area contributed by atoms with Gasteiger partial charge in [-0.1, -0.05) is 36.8 Å². The third-order valence-corrected chi connectivity index (χ3v) is 3.90. The van der Waals surface area contributed by atoms with Crippen molar-refractivity contribution < 1.29 is 17.6 Å². The van der Waals surface area contributed by atoms with Gasteiger partial charge in [-0.2, -0.15) is 13.2 Å². The molecule has 0 saturated carbocycles. The zero-order valence-corrected chi connectivity index (χ0v) is 14.2. The van der Waals surface area contributed by atoms with Crippen LogP contribution in [0.2, 0.25) is 0 Å². The van der Waals surface area contributed by atoms with E-state index < -0.39 is 17.6 Å². The van der Waals surface area contributed by atoms with Gasteiger partial charge in [0.15, 0.2) is 0 Å². The number of allylic oxidation sites excluding steroid dienone is 1. The van der Waals surface area contributed by atoms with Gasteiger partial charge in [-0.25, -0.2) is 4.39 Å². The zero-order valence-electron chi connectivity index (χ0n) is 14.2. The molecule has 0 aliphatic rings. The Balaban J connectivity index is 2.78. The molecule has 0 amide bonds. The van der Waals surface area contributed by atoms with Crippen LogP contribution < -0.4 is 0 Å². The summed E-state index contributed by atoms with van der Waals surface area (Å²) in [4.78, 5) is 0. The van der Waals surface area contributed by atoms with E-state index in [1.165, 1.54) is 12.1 Å². The Hall–Kier alpha value is -2.10. The standard InChI is InChI=1S/C20H20F4/c1-5-6-7-15-10-16(11-17(19(15)21)20(22,23)24)18-13(3)8-12(2)9-14(18)4/h6-11H,5H2,1-4H3/b7-6-. The van der Waals surface area contributed by atoms with Crippen molar-refractivity contribution in [1.29, 1.82) is 0 Å². The lowest BCUT2D eigenvalue weighted by Crippen LogP contribution is -2.10. The Bertz CT molecular complexity index is 760. The first-order valence-corrected chi connectivity index (χ1v) is 7.80. The van der Waals surface area contributed by atoms with Gasteiger partial charge < -0.3 is 0 Å². The molecule has 0 spiro atoms. The minimum Gasteiger partial charge on any atom is -0.206 e. The number of halogens is 4. The lowest BCUT2D eigenvalue weighted by Gasteiger charge is -2.16. The third kappa shape index (κ3) is 3.69. The number of rotatable bonds is 3. The van der Waals surface area contributed by atoms with Crippen molar-refractivity contribution in [3.63, 3.8) is 0 Å². The maximum Gasteiger partial charge on any atom is 0.419 e. The fourth-order valence-electron chi connectivity index (χ4n) is 3.00. The molecule has 2 rings (SSSR count). The Labute approximate surface area is 139 Å². The van der Waals surface area contributed by atoms with Gasteiger partial charge in [0.25, 0.3) is 0 Å². The van der Waals surface area contributed by atoms with Gasteiger partial charge in [0, 0.05) is 5.56 Å². The van der Waals surface area contributed by atoms with Crippen LogP contribution in [0, 0.1) is 26.6 Å². The molecule has 0 N–H and O–H groups in total. The summed E-state index contributed by atoms with van der Waals surface area (Å²) in [5, 5.41) is 0. The molecule has 24 heavy (non-hydrogen) atoms. The third-order valence-electron chi connectivity index (χ3n) is 3.90. The minimum atomic E-state index is -4.73. The van der Waals surface area contributed by atoms with E-state index in [0.717, 1.165) is 28.3 Å². The van der Waals surface area contributed by atoms with Crippen molar-refractivity contribution in [3.05, 3.63) is 64.0 Å². The SMILES string of the molecule is CC/C=C\c1cc(-c2c(C)cc(C)cc2C)cc(C(F)(F)F)c1F. The van der Waals surface area contributed by atoms with E-state index in [1.54, 1.807) is 6.08 Å².